The topological polar surface area (TPSA) is 64.7 Å². The maximum absolute atomic E-state index is 9.93. The zero-order valence-corrected chi connectivity index (χ0v) is 11.9. The van der Waals surface area contributed by atoms with E-state index in [0.717, 1.165) is 12.0 Å². The molecule has 4 nitrogen and oxygen atoms in total. The van der Waals surface area contributed by atoms with Crippen molar-refractivity contribution >= 4 is 12.4 Å². The number of aliphatic hydroxyl groups is 1. The quantitative estimate of drug-likeness (QED) is 0.836. The van der Waals surface area contributed by atoms with Crippen LogP contribution in [0.15, 0.2) is 18.2 Å². The third-order valence-electron chi connectivity index (χ3n) is 2.79. The van der Waals surface area contributed by atoms with E-state index in [-0.39, 0.29) is 12.4 Å². The van der Waals surface area contributed by atoms with Crippen LogP contribution in [0.4, 0.5) is 0 Å². The highest BCUT2D eigenvalue weighted by Crippen LogP contribution is 2.30. The van der Waals surface area contributed by atoms with Crippen molar-refractivity contribution in [1.82, 2.24) is 0 Å². The number of rotatable bonds is 6. The van der Waals surface area contributed by atoms with Crippen LogP contribution in [-0.4, -0.2) is 25.4 Å². The summed E-state index contributed by atoms with van der Waals surface area (Å²) in [5, 5.41) is 9.93. The van der Waals surface area contributed by atoms with Crippen LogP contribution in [-0.2, 0) is 0 Å². The first-order valence-electron chi connectivity index (χ1n) is 5.79. The van der Waals surface area contributed by atoms with Crippen LogP contribution >= 0.6 is 12.4 Å². The summed E-state index contributed by atoms with van der Waals surface area (Å²) in [6, 6.07) is 4.95. The molecule has 0 fully saturated rings. The predicted molar refractivity (Wildman–Crippen MR) is 74.6 cm³/mol. The second-order valence-electron chi connectivity index (χ2n) is 3.99. The minimum atomic E-state index is -0.569. The molecule has 0 unspecified atom stereocenters. The highest BCUT2D eigenvalue weighted by molar-refractivity contribution is 5.85. The van der Waals surface area contributed by atoms with Gasteiger partial charge in [0.15, 0.2) is 0 Å². The molecule has 0 aliphatic heterocycles. The summed E-state index contributed by atoms with van der Waals surface area (Å²) >= 11 is 0. The Labute approximate surface area is 115 Å². The van der Waals surface area contributed by atoms with Crippen molar-refractivity contribution in [2.45, 2.75) is 31.9 Å². The second kappa shape index (κ2) is 8.19. The molecule has 0 radical (unpaired) electrons. The zero-order valence-electron chi connectivity index (χ0n) is 11.1. The monoisotopic (exact) mass is 275 g/mol. The van der Waals surface area contributed by atoms with E-state index in [0.29, 0.717) is 17.9 Å². The summed E-state index contributed by atoms with van der Waals surface area (Å²) < 4.78 is 10.4. The Hall–Kier alpha value is -0.970. The smallest absolute Gasteiger partial charge is 0.123 e. The maximum atomic E-state index is 9.93. The van der Waals surface area contributed by atoms with Gasteiger partial charge in [0.2, 0.25) is 0 Å². The summed E-state index contributed by atoms with van der Waals surface area (Å²) in [6.07, 6.45) is 0.990. The fourth-order valence-corrected chi connectivity index (χ4v) is 1.78. The maximum Gasteiger partial charge on any atom is 0.123 e. The van der Waals surface area contributed by atoms with Crippen LogP contribution in [0.25, 0.3) is 0 Å². The first-order valence-corrected chi connectivity index (χ1v) is 5.79. The van der Waals surface area contributed by atoms with Gasteiger partial charge in [-0.3, -0.25) is 0 Å². The summed E-state index contributed by atoms with van der Waals surface area (Å²) in [6.45, 7) is 2.01. The van der Waals surface area contributed by atoms with Gasteiger partial charge in [0, 0.05) is 5.56 Å². The summed E-state index contributed by atoms with van der Waals surface area (Å²) in [4.78, 5) is 0. The predicted octanol–water partition coefficient (Wildman–Crippen LogP) is 2.29. The molecule has 0 aliphatic carbocycles. The third-order valence-corrected chi connectivity index (χ3v) is 2.79. The van der Waals surface area contributed by atoms with E-state index in [1.165, 1.54) is 0 Å². The van der Waals surface area contributed by atoms with Gasteiger partial charge < -0.3 is 20.3 Å². The molecule has 2 atom stereocenters. The van der Waals surface area contributed by atoms with E-state index in [1.807, 2.05) is 13.0 Å². The first-order chi connectivity index (χ1) is 8.13. The zero-order chi connectivity index (χ0) is 12.8. The van der Waals surface area contributed by atoms with Gasteiger partial charge in [-0.2, -0.15) is 0 Å². The van der Waals surface area contributed by atoms with Crippen molar-refractivity contribution in [1.29, 1.82) is 0 Å². The Morgan fingerprint density at radius 3 is 2.44 bits per heavy atom. The molecule has 0 aliphatic rings. The molecule has 0 bridgehead atoms. The minimum absolute atomic E-state index is 0. The lowest BCUT2D eigenvalue weighted by atomic mass is 9.98. The Morgan fingerprint density at radius 2 is 1.94 bits per heavy atom. The first kappa shape index (κ1) is 17.0. The van der Waals surface area contributed by atoms with Gasteiger partial charge >= 0.3 is 0 Å². The molecule has 0 amide bonds. The molecule has 3 N–H and O–H groups in total. The Bertz CT molecular complexity index is 360. The lowest BCUT2D eigenvalue weighted by molar-refractivity contribution is 0.133. The molecule has 18 heavy (non-hydrogen) atoms. The molecule has 1 rings (SSSR count). The molecule has 1 aromatic carbocycles. The fraction of sp³-hybridized carbons (Fsp3) is 0.538. The number of hydrogen-bond donors (Lipinski definition) is 2. The number of aliphatic hydroxyl groups excluding tert-OH is 1. The molecular weight excluding hydrogens is 254 g/mol. The van der Waals surface area contributed by atoms with E-state index in [9.17, 15) is 5.11 Å². The molecular formula is C13H22ClNO3. The summed E-state index contributed by atoms with van der Waals surface area (Å²) in [7, 11) is 3.18. The van der Waals surface area contributed by atoms with Gasteiger partial charge in [0.1, 0.15) is 11.5 Å². The molecule has 0 heterocycles. The Morgan fingerprint density at radius 1 is 1.28 bits per heavy atom. The third kappa shape index (κ3) is 4.05. The van der Waals surface area contributed by atoms with E-state index in [2.05, 4.69) is 0 Å². The molecule has 0 saturated carbocycles. The number of methoxy groups -OCH3 is 2. The highest BCUT2D eigenvalue weighted by atomic mass is 35.5. The van der Waals surface area contributed by atoms with E-state index in [1.54, 1.807) is 26.4 Å². The fourth-order valence-electron chi connectivity index (χ4n) is 1.78. The average molecular weight is 276 g/mol. The molecule has 0 spiro atoms. The molecule has 5 heteroatoms. The van der Waals surface area contributed by atoms with Gasteiger partial charge in [0.25, 0.3) is 0 Å². The summed E-state index contributed by atoms with van der Waals surface area (Å²) in [5.74, 6) is 1.38. The van der Waals surface area contributed by atoms with E-state index >= 15 is 0 Å². The van der Waals surface area contributed by atoms with Crippen LogP contribution < -0.4 is 15.2 Å². The lowest BCUT2D eigenvalue weighted by Crippen LogP contribution is -2.26. The number of nitrogens with two attached hydrogens (primary N) is 1. The van der Waals surface area contributed by atoms with Crippen molar-refractivity contribution in [3.05, 3.63) is 23.8 Å². The van der Waals surface area contributed by atoms with Crippen molar-refractivity contribution in [3.8, 4) is 11.5 Å². The van der Waals surface area contributed by atoms with Crippen molar-refractivity contribution in [2.24, 2.45) is 5.73 Å². The second-order valence-corrected chi connectivity index (χ2v) is 3.99. The Kier molecular flexibility index (Phi) is 7.75. The van der Waals surface area contributed by atoms with Crippen LogP contribution in [0, 0.1) is 0 Å². The summed E-state index contributed by atoms with van der Waals surface area (Å²) in [5.41, 5.74) is 6.81. The molecule has 0 aromatic heterocycles. The SMILES string of the molecule is CCC[C@@H](O)[C@@H](N)c1cc(OC)ccc1OC.Cl. The number of halogens is 1. The van der Waals surface area contributed by atoms with Gasteiger partial charge in [-0.05, 0) is 24.6 Å². The highest BCUT2D eigenvalue weighted by Gasteiger charge is 2.20. The van der Waals surface area contributed by atoms with Crippen molar-refractivity contribution < 1.29 is 14.6 Å². The number of benzene rings is 1. The van der Waals surface area contributed by atoms with Crippen LogP contribution in [0.3, 0.4) is 0 Å². The van der Waals surface area contributed by atoms with Gasteiger partial charge in [-0.1, -0.05) is 13.3 Å². The standard InChI is InChI=1S/C13H21NO3.ClH/c1-4-5-11(15)13(14)10-8-9(16-2)6-7-12(10)17-3;/h6-8,11,13,15H,4-5,14H2,1-3H3;1H/t11-,13+;/m1./s1. The van der Waals surface area contributed by atoms with Gasteiger partial charge in [0.05, 0.1) is 26.4 Å². The molecule has 0 saturated heterocycles. The average Bonchev–Trinajstić information content (AvgIpc) is 2.37. The molecule has 104 valence electrons. The molecule has 1 aromatic rings. The number of ether oxygens (including phenoxy) is 2. The van der Waals surface area contributed by atoms with Crippen molar-refractivity contribution in [2.75, 3.05) is 14.2 Å². The van der Waals surface area contributed by atoms with Crippen LogP contribution in [0.1, 0.15) is 31.4 Å². The number of hydrogen-bond acceptors (Lipinski definition) is 4. The van der Waals surface area contributed by atoms with Crippen LogP contribution in [0.5, 0.6) is 11.5 Å². The van der Waals surface area contributed by atoms with Gasteiger partial charge in [-0.25, -0.2) is 0 Å². The largest absolute Gasteiger partial charge is 0.497 e. The van der Waals surface area contributed by atoms with E-state index in [4.69, 9.17) is 15.2 Å². The normalized spacial score (nSPS) is 13.4. The lowest BCUT2D eigenvalue weighted by Gasteiger charge is -2.21. The van der Waals surface area contributed by atoms with Crippen molar-refractivity contribution in [3.63, 3.8) is 0 Å². The minimum Gasteiger partial charge on any atom is -0.497 e. The van der Waals surface area contributed by atoms with Gasteiger partial charge in [-0.15, -0.1) is 12.4 Å². The van der Waals surface area contributed by atoms with Crippen LogP contribution in [0.2, 0.25) is 0 Å². The van der Waals surface area contributed by atoms with E-state index < -0.39 is 12.1 Å². The Balaban J connectivity index is 0.00000289.